The molecule has 0 aliphatic rings. The topological polar surface area (TPSA) is 32.3 Å². The summed E-state index contributed by atoms with van der Waals surface area (Å²) < 4.78 is 36.8. The molecule has 96 valence electrons. The number of benzene rings is 1. The lowest BCUT2D eigenvalue weighted by Gasteiger charge is -2.16. The molecule has 1 aromatic rings. The van der Waals surface area contributed by atoms with Crippen molar-refractivity contribution in [3.05, 3.63) is 29.8 Å². The Morgan fingerprint density at radius 3 is 2.12 bits per heavy atom. The SMILES string of the molecule is CC(C)C(O)CNc1ccc(C(F)(F)F)cc1. The molecular formula is C12H16F3NO. The summed E-state index contributed by atoms with van der Waals surface area (Å²) in [6.45, 7) is 4.07. The van der Waals surface area contributed by atoms with E-state index in [0.29, 0.717) is 12.2 Å². The molecule has 1 rings (SSSR count). The van der Waals surface area contributed by atoms with Crippen LogP contribution in [0.5, 0.6) is 0 Å². The molecule has 0 aliphatic heterocycles. The molecule has 0 saturated heterocycles. The number of nitrogens with one attached hydrogen (secondary N) is 1. The summed E-state index contributed by atoms with van der Waals surface area (Å²) in [7, 11) is 0. The van der Waals surface area contributed by atoms with E-state index in [1.807, 2.05) is 13.8 Å². The van der Waals surface area contributed by atoms with Crippen LogP contribution in [-0.2, 0) is 6.18 Å². The normalized spacial score (nSPS) is 13.8. The van der Waals surface area contributed by atoms with E-state index >= 15 is 0 Å². The lowest BCUT2D eigenvalue weighted by Crippen LogP contribution is -2.24. The first kappa shape index (κ1) is 13.8. The van der Waals surface area contributed by atoms with E-state index in [2.05, 4.69) is 5.32 Å². The maximum atomic E-state index is 12.3. The van der Waals surface area contributed by atoms with Gasteiger partial charge in [-0.3, -0.25) is 0 Å². The number of hydrogen-bond acceptors (Lipinski definition) is 2. The number of anilines is 1. The van der Waals surface area contributed by atoms with Crippen LogP contribution < -0.4 is 5.32 Å². The van der Waals surface area contributed by atoms with Gasteiger partial charge in [0, 0.05) is 12.2 Å². The first-order valence-electron chi connectivity index (χ1n) is 5.40. The maximum absolute atomic E-state index is 12.3. The fraction of sp³-hybridized carbons (Fsp3) is 0.500. The van der Waals surface area contributed by atoms with Gasteiger partial charge in [-0.05, 0) is 30.2 Å². The molecule has 17 heavy (non-hydrogen) atoms. The van der Waals surface area contributed by atoms with Crippen molar-refractivity contribution in [1.82, 2.24) is 0 Å². The fourth-order valence-corrected chi connectivity index (χ4v) is 1.24. The monoisotopic (exact) mass is 247 g/mol. The third-order valence-electron chi connectivity index (χ3n) is 2.50. The molecule has 0 saturated carbocycles. The summed E-state index contributed by atoms with van der Waals surface area (Å²) in [5.41, 5.74) is -0.106. The Bertz CT molecular complexity index is 346. The molecule has 1 aromatic carbocycles. The molecule has 0 fully saturated rings. The van der Waals surface area contributed by atoms with Gasteiger partial charge in [-0.25, -0.2) is 0 Å². The van der Waals surface area contributed by atoms with Crippen LogP contribution in [0.2, 0.25) is 0 Å². The van der Waals surface area contributed by atoms with E-state index in [1.165, 1.54) is 12.1 Å². The van der Waals surface area contributed by atoms with Crippen molar-refractivity contribution in [2.24, 2.45) is 5.92 Å². The summed E-state index contributed by atoms with van der Waals surface area (Å²) in [5, 5.41) is 12.4. The van der Waals surface area contributed by atoms with E-state index in [1.54, 1.807) is 0 Å². The molecule has 1 atom stereocenters. The van der Waals surface area contributed by atoms with Crippen LogP contribution >= 0.6 is 0 Å². The standard InChI is InChI=1S/C12H16F3NO/c1-8(2)11(17)7-16-10-5-3-9(4-6-10)12(13,14)15/h3-6,8,11,16-17H,7H2,1-2H3. The average molecular weight is 247 g/mol. The van der Waals surface area contributed by atoms with Crippen LogP contribution in [-0.4, -0.2) is 17.8 Å². The number of aliphatic hydroxyl groups is 1. The van der Waals surface area contributed by atoms with Gasteiger partial charge < -0.3 is 10.4 Å². The smallest absolute Gasteiger partial charge is 0.391 e. The number of halogens is 3. The lowest BCUT2D eigenvalue weighted by atomic mass is 10.1. The largest absolute Gasteiger partial charge is 0.416 e. The van der Waals surface area contributed by atoms with Gasteiger partial charge >= 0.3 is 6.18 Å². The van der Waals surface area contributed by atoms with Gasteiger partial charge in [0.25, 0.3) is 0 Å². The minimum absolute atomic E-state index is 0.108. The highest BCUT2D eigenvalue weighted by Crippen LogP contribution is 2.29. The fourth-order valence-electron chi connectivity index (χ4n) is 1.24. The third kappa shape index (κ3) is 4.26. The quantitative estimate of drug-likeness (QED) is 0.856. The predicted molar refractivity (Wildman–Crippen MR) is 60.8 cm³/mol. The zero-order valence-electron chi connectivity index (χ0n) is 9.75. The van der Waals surface area contributed by atoms with E-state index in [4.69, 9.17) is 0 Å². The summed E-state index contributed by atoms with van der Waals surface area (Å²) in [6.07, 6.45) is -4.83. The Morgan fingerprint density at radius 2 is 1.71 bits per heavy atom. The second-order valence-electron chi connectivity index (χ2n) is 4.27. The summed E-state index contributed by atoms with van der Waals surface area (Å²) in [6, 6.07) is 4.75. The van der Waals surface area contributed by atoms with Crippen LogP contribution in [0.15, 0.2) is 24.3 Å². The molecule has 1 unspecified atom stereocenters. The van der Waals surface area contributed by atoms with Crippen LogP contribution in [0, 0.1) is 5.92 Å². The molecule has 0 bridgehead atoms. The van der Waals surface area contributed by atoms with Crippen molar-refractivity contribution >= 4 is 5.69 Å². The Morgan fingerprint density at radius 1 is 1.18 bits per heavy atom. The Balaban J connectivity index is 2.57. The van der Waals surface area contributed by atoms with Crippen LogP contribution in [0.3, 0.4) is 0 Å². The van der Waals surface area contributed by atoms with Crippen molar-refractivity contribution in [2.75, 3.05) is 11.9 Å². The maximum Gasteiger partial charge on any atom is 0.416 e. The second kappa shape index (κ2) is 5.40. The van der Waals surface area contributed by atoms with Gasteiger partial charge in [-0.2, -0.15) is 13.2 Å². The lowest BCUT2D eigenvalue weighted by molar-refractivity contribution is -0.137. The molecule has 2 nitrogen and oxygen atoms in total. The number of rotatable bonds is 4. The Labute approximate surface area is 98.5 Å². The summed E-state index contributed by atoms with van der Waals surface area (Å²) >= 11 is 0. The van der Waals surface area contributed by atoms with Crippen LogP contribution in [0.1, 0.15) is 19.4 Å². The van der Waals surface area contributed by atoms with E-state index in [-0.39, 0.29) is 5.92 Å². The van der Waals surface area contributed by atoms with Gasteiger partial charge in [0.2, 0.25) is 0 Å². The van der Waals surface area contributed by atoms with Crippen molar-refractivity contribution in [3.8, 4) is 0 Å². The van der Waals surface area contributed by atoms with Crippen LogP contribution in [0.25, 0.3) is 0 Å². The van der Waals surface area contributed by atoms with Gasteiger partial charge in [0.15, 0.2) is 0 Å². The van der Waals surface area contributed by atoms with Crippen LogP contribution in [0.4, 0.5) is 18.9 Å². The summed E-state index contributed by atoms with van der Waals surface area (Å²) in [5.74, 6) is 0.108. The van der Waals surface area contributed by atoms with Crippen molar-refractivity contribution < 1.29 is 18.3 Å². The van der Waals surface area contributed by atoms with E-state index in [9.17, 15) is 18.3 Å². The zero-order valence-corrected chi connectivity index (χ0v) is 9.75. The average Bonchev–Trinajstić information content (AvgIpc) is 2.25. The van der Waals surface area contributed by atoms with Crippen molar-refractivity contribution in [2.45, 2.75) is 26.1 Å². The highest BCUT2D eigenvalue weighted by Gasteiger charge is 2.29. The molecule has 0 aromatic heterocycles. The third-order valence-corrected chi connectivity index (χ3v) is 2.50. The Kier molecular flexibility index (Phi) is 4.40. The van der Waals surface area contributed by atoms with Gasteiger partial charge in [0.1, 0.15) is 0 Å². The molecule has 0 radical (unpaired) electrons. The minimum atomic E-state index is -4.31. The van der Waals surface area contributed by atoms with Gasteiger partial charge in [-0.15, -0.1) is 0 Å². The Hall–Kier alpha value is -1.23. The number of alkyl halides is 3. The van der Waals surface area contributed by atoms with Crippen molar-refractivity contribution in [3.63, 3.8) is 0 Å². The second-order valence-corrected chi connectivity index (χ2v) is 4.27. The molecular weight excluding hydrogens is 231 g/mol. The number of aliphatic hydroxyl groups excluding tert-OH is 1. The molecule has 0 aliphatic carbocycles. The first-order valence-corrected chi connectivity index (χ1v) is 5.40. The first-order chi connectivity index (χ1) is 7.80. The highest BCUT2D eigenvalue weighted by molar-refractivity contribution is 5.45. The number of hydrogen-bond donors (Lipinski definition) is 2. The summed E-state index contributed by atoms with van der Waals surface area (Å²) in [4.78, 5) is 0. The molecule has 0 amide bonds. The molecule has 2 N–H and O–H groups in total. The zero-order chi connectivity index (χ0) is 13.1. The minimum Gasteiger partial charge on any atom is -0.391 e. The van der Waals surface area contributed by atoms with Gasteiger partial charge in [-0.1, -0.05) is 13.8 Å². The highest BCUT2D eigenvalue weighted by atomic mass is 19.4. The predicted octanol–water partition coefficient (Wildman–Crippen LogP) is 3.13. The molecule has 5 heteroatoms. The molecule has 0 spiro atoms. The van der Waals surface area contributed by atoms with Crippen molar-refractivity contribution in [1.29, 1.82) is 0 Å². The molecule has 0 heterocycles. The van der Waals surface area contributed by atoms with E-state index in [0.717, 1.165) is 12.1 Å². The van der Waals surface area contributed by atoms with Gasteiger partial charge in [0.05, 0.1) is 11.7 Å². The van der Waals surface area contributed by atoms with E-state index < -0.39 is 17.8 Å².